The fourth-order valence-electron chi connectivity index (χ4n) is 4.34. The molecule has 3 unspecified atom stereocenters. The molecule has 1 heterocycles. The molecule has 0 aromatic heterocycles. The molecule has 3 heteroatoms. The van der Waals surface area contributed by atoms with Crippen molar-refractivity contribution in [2.45, 2.75) is 78.4 Å². The van der Waals surface area contributed by atoms with Crippen molar-refractivity contribution in [1.29, 1.82) is 0 Å². The summed E-state index contributed by atoms with van der Waals surface area (Å²) in [4.78, 5) is 15.1. The van der Waals surface area contributed by atoms with Gasteiger partial charge in [0, 0.05) is 6.54 Å². The number of amides is 1. The Morgan fingerprint density at radius 3 is 2.43 bits per heavy atom. The first kappa shape index (κ1) is 15.3. The van der Waals surface area contributed by atoms with Crippen LogP contribution < -0.4 is 5.32 Å². The first-order valence-electron chi connectivity index (χ1n) is 8.95. The Bertz CT molecular complexity index is 398. The Morgan fingerprint density at radius 1 is 1.29 bits per heavy atom. The standard InChI is InChI=1S/C18H32N2O/c1-12(2)9-15-17(21)20(11-14-10-18(14,3)4)16(19-15)13-7-5-6-8-13/h12-16,19H,5-11H2,1-4H3. The van der Waals surface area contributed by atoms with Gasteiger partial charge in [-0.05, 0) is 48.9 Å². The first-order chi connectivity index (χ1) is 9.88. The summed E-state index contributed by atoms with van der Waals surface area (Å²) in [6, 6.07) is 0.0671. The van der Waals surface area contributed by atoms with Gasteiger partial charge in [0.1, 0.15) is 0 Å². The molecule has 1 N–H and O–H groups in total. The van der Waals surface area contributed by atoms with Crippen LogP contribution in [0.25, 0.3) is 0 Å². The van der Waals surface area contributed by atoms with Crippen molar-refractivity contribution < 1.29 is 4.79 Å². The van der Waals surface area contributed by atoms with Gasteiger partial charge in [-0.25, -0.2) is 0 Å². The van der Waals surface area contributed by atoms with E-state index < -0.39 is 0 Å². The summed E-state index contributed by atoms with van der Waals surface area (Å²) in [6.07, 6.45) is 7.85. The minimum Gasteiger partial charge on any atom is -0.325 e. The molecule has 3 aliphatic rings. The molecule has 3 rings (SSSR count). The molecule has 2 aliphatic carbocycles. The van der Waals surface area contributed by atoms with E-state index in [9.17, 15) is 4.79 Å². The highest BCUT2D eigenvalue weighted by atomic mass is 16.2. The van der Waals surface area contributed by atoms with E-state index in [1.807, 2.05) is 0 Å². The van der Waals surface area contributed by atoms with Crippen LogP contribution in [0.4, 0.5) is 0 Å². The molecule has 120 valence electrons. The predicted molar refractivity (Wildman–Crippen MR) is 85.7 cm³/mol. The van der Waals surface area contributed by atoms with Crippen LogP contribution in [0.15, 0.2) is 0 Å². The fourth-order valence-corrected chi connectivity index (χ4v) is 4.34. The van der Waals surface area contributed by atoms with Gasteiger partial charge in [0.2, 0.25) is 5.91 Å². The number of rotatable bonds is 5. The molecule has 2 saturated carbocycles. The van der Waals surface area contributed by atoms with Crippen LogP contribution in [-0.4, -0.2) is 29.6 Å². The summed E-state index contributed by atoms with van der Waals surface area (Å²) in [6.45, 7) is 10.1. The molecule has 0 aromatic carbocycles. The van der Waals surface area contributed by atoms with Gasteiger partial charge in [0.25, 0.3) is 0 Å². The van der Waals surface area contributed by atoms with Gasteiger partial charge in [0.05, 0.1) is 12.2 Å². The minimum absolute atomic E-state index is 0.0671. The zero-order valence-corrected chi connectivity index (χ0v) is 14.2. The van der Waals surface area contributed by atoms with Crippen LogP contribution in [0.2, 0.25) is 0 Å². The van der Waals surface area contributed by atoms with Crippen LogP contribution in [-0.2, 0) is 4.79 Å². The zero-order chi connectivity index (χ0) is 15.2. The number of nitrogens with zero attached hydrogens (tertiary/aromatic N) is 1. The third-order valence-electron chi connectivity index (χ3n) is 5.98. The molecule has 0 aromatic rings. The van der Waals surface area contributed by atoms with E-state index >= 15 is 0 Å². The highest BCUT2D eigenvalue weighted by Gasteiger charge is 2.51. The van der Waals surface area contributed by atoms with Gasteiger partial charge in [-0.1, -0.05) is 40.5 Å². The van der Waals surface area contributed by atoms with Crippen molar-refractivity contribution in [1.82, 2.24) is 10.2 Å². The van der Waals surface area contributed by atoms with Crippen LogP contribution in [0.5, 0.6) is 0 Å². The number of nitrogens with one attached hydrogen (secondary N) is 1. The van der Waals surface area contributed by atoms with E-state index in [1.54, 1.807) is 0 Å². The maximum absolute atomic E-state index is 12.8. The molecular weight excluding hydrogens is 260 g/mol. The normalized spacial score (nSPS) is 36.0. The van der Waals surface area contributed by atoms with Crippen molar-refractivity contribution in [3.8, 4) is 0 Å². The molecular formula is C18H32N2O. The zero-order valence-electron chi connectivity index (χ0n) is 14.2. The average molecular weight is 292 g/mol. The third kappa shape index (κ3) is 3.13. The highest BCUT2D eigenvalue weighted by Crippen LogP contribution is 2.52. The largest absolute Gasteiger partial charge is 0.325 e. The third-order valence-corrected chi connectivity index (χ3v) is 5.98. The molecule has 1 saturated heterocycles. The summed E-state index contributed by atoms with van der Waals surface area (Å²) in [5.74, 6) is 2.36. The Kier molecular flexibility index (Phi) is 4.06. The Labute approximate surface area is 129 Å². The second-order valence-electron chi connectivity index (χ2n) is 8.72. The lowest BCUT2D eigenvalue weighted by atomic mass is 10.0. The molecule has 1 amide bonds. The average Bonchev–Trinajstić information content (AvgIpc) is 2.81. The van der Waals surface area contributed by atoms with Crippen molar-refractivity contribution in [3.63, 3.8) is 0 Å². The van der Waals surface area contributed by atoms with Gasteiger partial charge in [0.15, 0.2) is 0 Å². The lowest BCUT2D eigenvalue weighted by molar-refractivity contribution is -0.131. The molecule has 1 aliphatic heterocycles. The van der Waals surface area contributed by atoms with Crippen molar-refractivity contribution in [2.75, 3.05) is 6.54 Å². The second-order valence-corrected chi connectivity index (χ2v) is 8.72. The van der Waals surface area contributed by atoms with Crippen molar-refractivity contribution in [2.24, 2.45) is 23.2 Å². The number of carbonyl (C=O) groups excluding carboxylic acids is 1. The maximum Gasteiger partial charge on any atom is 0.241 e. The first-order valence-corrected chi connectivity index (χ1v) is 8.95. The molecule has 0 bridgehead atoms. The van der Waals surface area contributed by atoms with Gasteiger partial charge in [-0.15, -0.1) is 0 Å². The number of carbonyl (C=O) groups is 1. The Balaban J connectivity index is 1.70. The van der Waals surface area contributed by atoms with Gasteiger partial charge in [-0.2, -0.15) is 0 Å². The van der Waals surface area contributed by atoms with Crippen molar-refractivity contribution in [3.05, 3.63) is 0 Å². The van der Waals surface area contributed by atoms with E-state index in [2.05, 4.69) is 37.9 Å². The topological polar surface area (TPSA) is 32.3 Å². The second kappa shape index (κ2) is 5.57. The van der Waals surface area contributed by atoms with E-state index in [1.165, 1.54) is 32.1 Å². The van der Waals surface area contributed by atoms with Crippen LogP contribution >= 0.6 is 0 Å². The van der Waals surface area contributed by atoms with E-state index in [4.69, 9.17) is 0 Å². The van der Waals surface area contributed by atoms with E-state index in [0.29, 0.717) is 35.2 Å². The monoisotopic (exact) mass is 292 g/mol. The maximum atomic E-state index is 12.8. The molecule has 21 heavy (non-hydrogen) atoms. The highest BCUT2D eigenvalue weighted by molar-refractivity contribution is 5.84. The SMILES string of the molecule is CC(C)CC1NC(C2CCCC2)N(CC2CC2(C)C)C1=O. The lowest BCUT2D eigenvalue weighted by Gasteiger charge is -2.29. The molecule has 3 nitrogen and oxygen atoms in total. The summed E-state index contributed by atoms with van der Waals surface area (Å²) in [7, 11) is 0. The molecule has 0 spiro atoms. The smallest absolute Gasteiger partial charge is 0.241 e. The van der Waals surface area contributed by atoms with E-state index in [0.717, 1.165) is 13.0 Å². The summed E-state index contributed by atoms with van der Waals surface area (Å²) in [5.41, 5.74) is 0.455. The molecule has 0 radical (unpaired) electrons. The van der Waals surface area contributed by atoms with Gasteiger partial charge < -0.3 is 4.90 Å². The predicted octanol–water partition coefficient (Wildman–Crippen LogP) is 3.40. The summed E-state index contributed by atoms with van der Waals surface area (Å²) < 4.78 is 0. The lowest BCUT2D eigenvalue weighted by Crippen LogP contribution is -2.43. The molecule has 3 fully saturated rings. The summed E-state index contributed by atoms with van der Waals surface area (Å²) in [5, 5.41) is 3.70. The quantitative estimate of drug-likeness (QED) is 0.842. The van der Waals surface area contributed by atoms with Crippen molar-refractivity contribution >= 4 is 5.91 Å². The number of hydrogen-bond donors (Lipinski definition) is 1. The Morgan fingerprint density at radius 2 is 1.90 bits per heavy atom. The van der Waals surface area contributed by atoms with Crippen LogP contribution in [0.3, 0.4) is 0 Å². The van der Waals surface area contributed by atoms with Crippen LogP contribution in [0.1, 0.15) is 66.2 Å². The fraction of sp³-hybridized carbons (Fsp3) is 0.944. The minimum atomic E-state index is 0.0671. The van der Waals surface area contributed by atoms with Gasteiger partial charge >= 0.3 is 0 Å². The molecule has 3 atom stereocenters. The van der Waals surface area contributed by atoms with Crippen LogP contribution in [0, 0.1) is 23.2 Å². The van der Waals surface area contributed by atoms with Gasteiger partial charge in [-0.3, -0.25) is 10.1 Å². The van der Waals surface area contributed by atoms with E-state index in [-0.39, 0.29) is 6.04 Å². The number of hydrogen-bond acceptors (Lipinski definition) is 2. The summed E-state index contributed by atoms with van der Waals surface area (Å²) >= 11 is 0. The Hall–Kier alpha value is -0.570.